The van der Waals surface area contributed by atoms with Crippen LogP contribution in [0.4, 0.5) is 5.95 Å². The van der Waals surface area contributed by atoms with E-state index >= 15 is 0 Å². The molecule has 2 aromatic rings. The molecule has 0 radical (unpaired) electrons. The predicted octanol–water partition coefficient (Wildman–Crippen LogP) is 0.300. The third-order valence-electron chi connectivity index (χ3n) is 3.61. The Morgan fingerprint density at radius 2 is 2.33 bits per heavy atom. The Morgan fingerprint density at radius 3 is 3.10 bits per heavy atom. The third-order valence-corrected chi connectivity index (χ3v) is 3.61. The van der Waals surface area contributed by atoms with Crippen molar-refractivity contribution in [2.45, 2.75) is 19.0 Å². The van der Waals surface area contributed by atoms with Gasteiger partial charge in [-0.3, -0.25) is 9.58 Å². The van der Waals surface area contributed by atoms with Gasteiger partial charge in [0.2, 0.25) is 11.8 Å². The van der Waals surface area contributed by atoms with Gasteiger partial charge in [0.25, 0.3) is 0 Å². The molecule has 0 spiro atoms. The highest BCUT2D eigenvalue weighted by molar-refractivity contribution is 5.29. The minimum absolute atomic E-state index is 0.338. The fourth-order valence-corrected chi connectivity index (χ4v) is 2.47. The highest BCUT2D eigenvalue weighted by Crippen LogP contribution is 2.16. The lowest BCUT2D eigenvalue weighted by Gasteiger charge is -2.16. The summed E-state index contributed by atoms with van der Waals surface area (Å²) in [6, 6.07) is 2.07. The summed E-state index contributed by atoms with van der Waals surface area (Å²) in [4.78, 5) is 15.1. The molecule has 0 aromatic carbocycles. The summed E-state index contributed by atoms with van der Waals surface area (Å²) in [5, 5.41) is 7.45. The molecule has 0 saturated carbocycles. The van der Waals surface area contributed by atoms with Gasteiger partial charge in [0.05, 0.1) is 13.7 Å². The topological polar surface area (TPSA) is 81.0 Å². The average Bonchev–Trinajstić information content (AvgIpc) is 3.10. The van der Waals surface area contributed by atoms with Crippen LogP contribution in [0.15, 0.2) is 18.6 Å². The van der Waals surface area contributed by atoms with Crippen molar-refractivity contribution in [3.05, 3.63) is 24.4 Å². The first kappa shape index (κ1) is 13.7. The van der Waals surface area contributed by atoms with Gasteiger partial charge in [0, 0.05) is 38.4 Å². The lowest BCUT2D eigenvalue weighted by molar-refractivity contribution is 0.314. The Balaban J connectivity index is 1.56. The van der Waals surface area contributed by atoms with Gasteiger partial charge in [-0.2, -0.15) is 10.1 Å². The van der Waals surface area contributed by atoms with Crippen LogP contribution in [0.3, 0.4) is 0 Å². The molecule has 21 heavy (non-hydrogen) atoms. The van der Waals surface area contributed by atoms with Crippen LogP contribution in [-0.2, 0) is 13.6 Å². The summed E-state index contributed by atoms with van der Waals surface area (Å²) in [7, 11) is 3.52. The van der Waals surface area contributed by atoms with E-state index in [1.807, 2.05) is 11.7 Å². The normalized spacial score (nSPS) is 18.9. The largest absolute Gasteiger partial charge is 0.481 e. The van der Waals surface area contributed by atoms with E-state index in [1.54, 1.807) is 25.7 Å². The van der Waals surface area contributed by atoms with Crippen LogP contribution in [0.1, 0.15) is 12.2 Å². The number of hydrogen-bond acceptors (Lipinski definition) is 7. The Labute approximate surface area is 123 Å². The van der Waals surface area contributed by atoms with Crippen molar-refractivity contribution in [3.63, 3.8) is 0 Å². The molecule has 1 N–H and O–H groups in total. The molecule has 3 heterocycles. The number of likely N-dealkylation sites (tertiary alicyclic amines) is 1. The number of rotatable bonds is 5. The molecule has 1 aliphatic heterocycles. The summed E-state index contributed by atoms with van der Waals surface area (Å²) in [6.07, 6.45) is 4.34. The number of aryl methyl sites for hydroxylation is 1. The lowest BCUT2D eigenvalue weighted by atomic mass is 10.3. The number of hydrogen-bond donors (Lipinski definition) is 1. The van der Waals surface area contributed by atoms with E-state index in [9.17, 15) is 0 Å². The standard InChI is InChI=1S/C13H19N7O/c1-19-11(15-9-16-19)8-20-6-4-10(7-20)17-13-14-5-3-12(18-13)21-2/h3,5,9-10H,4,6-8H2,1-2H3,(H,14,17,18). The van der Waals surface area contributed by atoms with Gasteiger partial charge in [-0.1, -0.05) is 0 Å². The van der Waals surface area contributed by atoms with Gasteiger partial charge in [-0.05, 0) is 6.42 Å². The number of ether oxygens (including phenoxy) is 1. The molecule has 0 aliphatic carbocycles. The monoisotopic (exact) mass is 289 g/mol. The van der Waals surface area contributed by atoms with Crippen LogP contribution in [0.2, 0.25) is 0 Å². The molecule has 0 bridgehead atoms. The zero-order valence-corrected chi connectivity index (χ0v) is 12.2. The summed E-state index contributed by atoms with van der Waals surface area (Å²) < 4.78 is 6.92. The molecule has 2 aromatic heterocycles. The molecule has 8 nitrogen and oxygen atoms in total. The van der Waals surface area contributed by atoms with Gasteiger partial charge in [-0.25, -0.2) is 9.97 Å². The summed E-state index contributed by atoms with van der Waals surface area (Å²) in [5.41, 5.74) is 0. The van der Waals surface area contributed by atoms with Crippen LogP contribution >= 0.6 is 0 Å². The number of aromatic nitrogens is 5. The maximum atomic E-state index is 5.10. The lowest BCUT2D eigenvalue weighted by Crippen LogP contribution is -2.27. The van der Waals surface area contributed by atoms with Crippen molar-refractivity contribution in [2.24, 2.45) is 7.05 Å². The molecule has 1 fully saturated rings. The summed E-state index contributed by atoms with van der Waals surface area (Å²) >= 11 is 0. The maximum Gasteiger partial charge on any atom is 0.226 e. The Bertz CT molecular complexity index is 600. The second kappa shape index (κ2) is 6.04. The van der Waals surface area contributed by atoms with E-state index in [2.05, 4.69) is 30.3 Å². The maximum absolute atomic E-state index is 5.10. The molecule has 1 atom stereocenters. The molecular formula is C13H19N7O. The van der Waals surface area contributed by atoms with Crippen LogP contribution < -0.4 is 10.1 Å². The molecule has 3 rings (SSSR count). The molecule has 1 saturated heterocycles. The van der Waals surface area contributed by atoms with Crippen molar-refractivity contribution in [2.75, 3.05) is 25.5 Å². The Hall–Kier alpha value is -2.22. The van der Waals surface area contributed by atoms with E-state index in [1.165, 1.54) is 0 Å². The van der Waals surface area contributed by atoms with Crippen molar-refractivity contribution < 1.29 is 4.74 Å². The predicted molar refractivity (Wildman–Crippen MR) is 76.9 cm³/mol. The third kappa shape index (κ3) is 3.27. The van der Waals surface area contributed by atoms with E-state index in [-0.39, 0.29) is 0 Å². The fraction of sp³-hybridized carbons (Fsp3) is 0.538. The highest BCUT2D eigenvalue weighted by atomic mass is 16.5. The van der Waals surface area contributed by atoms with Crippen molar-refractivity contribution >= 4 is 5.95 Å². The smallest absolute Gasteiger partial charge is 0.226 e. The van der Waals surface area contributed by atoms with Crippen LogP contribution in [0, 0.1) is 0 Å². The zero-order valence-electron chi connectivity index (χ0n) is 12.2. The van der Waals surface area contributed by atoms with Gasteiger partial charge >= 0.3 is 0 Å². The second-order valence-electron chi connectivity index (χ2n) is 5.09. The molecule has 1 unspecified atom stereocenters. The Kier molecular flexibility index (Phi) is 3.96. The highest BCUT2D eigenvalue weighted by Gasteiger charge is 2.24. The number of methoxy groups -OCH3 is 1. The number of anilines is 1. The van der Waals surface area contributed by atoms with Gasteiger partial charge < -0.3 is 10.1 Å². The van der Waals surface area contributed by atoms with E-state index in [4.69, 9.17) is 4.74 Å². The summed E-state index contributed by atoms with van der Waals surface area (Å²) in [6.45, 7) is 2.77. The van der Waals surface area contributed by atoms with Crippen molar-refractivity contribution in [1.29, 1.82) is 0 Å². The van der Waals surface area contributed by atoms with Crippen LogP contribution in [-0.4, -0.2) is 55.9 Å². The molecular weight excluding hydrogens is 270 g/mol. The SMILES string of the molecule is COc1ccnc(NC2CCN(Cc3ncnn3C)C2)n1. The second-order valence-corrected chi connectivity index (χ2v) is 5.09. The van der Waals surface area contributed by atoms with E-state index in [0.29, 0.717) is 17.9 Å². The molecule has 1 aliphatic rings. The quantitative estimate of drug-likeness (QED) is 0.847. The number of nitrogens with one attached hydrogen (secondary N) is 1. The van der Waals surface area contributed by atoms with Crippen LogP contribution in [0.25, 0.3) is 0 Å². The minimum atomic E-state index is 0.338. The molecule has 112 valence electrons. The fourth-order valence-electron chi connectivity index (χ4n) is 2.47. The zero-order chi connectivity index (χ0) is 14.7. The van der Waals surface area contributed by atoms with Crippen LogP contribution in [0.5, 0.6) is 5.88 Å². The number of nitrogens with zero attached hydrogens (tertiary/aromatic N) is 6. The van der Waals surface area contributed by atoms with E-state index < -0.39 is 0 Å². The first-order valence-electron chi connectivity index (χ1n) is 6.93. The van der Waals surface area contributed by atoms with Gasteiger partial charge in [-0.15, -0.1) is 0 Å². The first-order valence-corrected chi connectivity index (χ1v) is 6.93. The minimum Gasteiger partial charge on any atom is -0.481 e. The van der Waals surface area contributed by atoms with Crippen molar-refractivity contribution in [1.82, 2.24) is 29.6 Å². The van der Waals surface area contributed by atoms with Crippen molar-refractivity contribution in [3.8, 4) is 5.88 Å². The molecule has 8 heteroatoms. The van der Waals surface area contributed by atoms with Gasteiger partial charge in [0.15, 0.2) is 0 Å². The first-order chi connectivity index (χ1) is 10.2. The Morgan fingerprint density at radius 1 is 1.43 bits per heavy atom. The molecule has 0 amide bonds. The summed E-state index contributed by atoms with van der Waals surface area (Å²) in [5.74, 6) is 2.16. The average molecular weight is 289 g/mol. The van der Waals surface area contributed by atoms with Gasteiger partial charge in [0.1, 0.15) is 12.2 Å². The van der Waals surface area contributed by atoms with E-state index in [0.717, 1.165) is 31.9 Å².